The SMILES string of the molecule is CC1(C)C(=O)CNc2c1cc(-c1cccn3cnnc13)c1c2CCC1. The number of hydrogen-bond acceptors (Lipinski definition) is 4. The third-order valence-electron chi connectivity index (χ3n) is 5.81. The number of aromatic nitrogens is 3. The first-order valence-electron chi connectivity index (χ1n) is 8.82. The Labute approximate surface area is 146 Å². The molecule has 0 bridgehead atoms. The molecule has 1 aliphatic carbocycles. The zero-order valence-electron chi connectivity index (χ0n) is 14.5. The number of fused-ring (bicyclic) bond motifs is 4. The molecule has 2 aromatic heterocycles. The molecule has 2 aliphatic rings. The van der Waals surface area contributed by atoms with Crippen molar-refractivity contribution in [3.05, 3.63) is 47.4 Å². The maximum Gasteiger partial charge on any atom is 0.168 e. The number of ketones is 1. The molecule has 0 saturated carbocycles. The van der Waals surface area contributed by atoms with Crippen LogP contribution in [-0.4, -0.2) is 26.9 Å². The second kappa shape index (κ2) is 4.91. The smallest absolute Gasteiger partial charge is 0.168 e. The van der Waals surface area contributed by atoms with E-state index in [0.29, 0.717) is 6.54 Å². The Morgan fingerprint density at radius 1 is 1.20 bits per heavy atom. The minimum Gasteiger partial charge on any atom is -0.377 e. The van der Waals surface area contributed by atoms with Crippen molar-refractivity contribution < 1.29 is 4.79 Å². The highest BCUT2D eigenvalue weighted by molar-refractivity contribution is 5.99. The number of benzene rings is 1. The van der Waals surface area contributed by atoms with Crippen LogP contribution in [0.2, 0.25) is 0 Å². The second-order valence-electron chi connectivity index (χ2n) is 7.54. The minimum absolute atomic E-state index is 0.240. The van der Waals surface area contributed by atoms with E-state index < -0.39 is 5.41 Å². The van der Waals surface area contributed by atoms with E-state index in [1.54, 1.807) is 6.33 Å². The largest absolute Gasteiger partial charge is 0.377 e. The highest BCUT2D eigenvalue weighted by Crippen LogP contribution is 2.45. The van der Waals surface area contributed by atoms with Gasteiger partial charge in [0.25, 0.3) is 0 Å². The molecular formula is C20H20N4O. The molecule has 0 atom stereocenters. The van der Waals surface area contributed by atoms with Gasteiger partial charge in [0.1, 0.15) is 6.33 Å². The average Bonchev–Trinajstić information content (AvgIpc) is 3.26. The van der Waals surface area contributed by atoms with Gasteiger partial charge >= 0.3 is 0 Å². The molecule has 0 saturated heterocycles. The molecule has 0 fully saturated rings. The van der Waals surface area contributed by atoms with Crippen LogP contribution in [0.25, 0.3) is 16.8 Å². The lowest BCUT2D eigenvalue weighted by molar-refractivity contribution is -0.122. The van der Waals surface area contributed by atoms with Gasteiger partial charge in [-0.05, 0) is 73.6 Å². The van der Waals surface area contributed by atoms with Gasteiger partial charge in [-0.2, -0.15) is 0 Å². The van der Waals surface area contributed by atoms with E-state index in [0.717, 1.165) is 36.0 Å². The van der Waals surface area contributed by atoms with Crippen LogP contribution in [0.4, 0.5) is 5.69 Å². The van der Waals surface area contributed by atoms with Gasteiger partial charge in [-0.15, -0.1) is 10.2 Å². The fraction of sp³-hybridized carbons (Fsp3) is 0.350. The summed E-state index contributed by atoms with van der Waals surface area (Å²) in [6, 6.07) is 6.35. The molecule has 3 aromatic rings. The Balaban J connectivity index is 1.85. The summed E-state index contributed by atoms with van der Waals surface area (Å²) < 4.78 is 1.95. The first-order chi connectivity index (χ1) is 12.1. The number of nitrogens with zero attached hydrogens (tertiary/aromatic N) is 3. The maximum atomic E-state index is 12.5. The maximum absolute atomic E-state index is 12.5. The Morgan fingerprint density at radius 3 is 2.92 bits per heavy atom. The highest BCUT2D eigenvalue weighted by Gasteiger charge is 2.38. The summed E-state index contributed by atoms with van der Waals surface area (Å²) >= 11 is 0. The van der Waals surface area contributed by atoms with Gasteiger partial charge in [0.05, 0.1) is 12.0 Å². The van der Waals surface area contributed by atoms with Gasteiger partial charge in [0.2, 0.25) is 0 Å². The number of rotatable bonds is 1. The third kappa shape index (κ3) is 1.92. The van der Waals surface area contributed by atoms with Crippen molar-refractivity contribution in [2.24, 2.45) is 0 Å². The van der Waals surface area contributed by atoms with E-state index in [9.17, 15) is 4.79 Å². The van der Waals surface area contributed by atoms with Crippen LogP contribution >= 0.6 is 0 Å². The van der Waals surface area contributed by atoms with Crippen LogP contribution < -0.4 is 5.32 Å². The van der Waals surface area contributed by atoms with Crippen LogP contribution in [-0.2, 0) is 23.1 Å². The van der Waals surface area contributed by atoms with Crippen molar-refractivity contribution in [2.75, 3.05) is 11.9 Å². The van der Waals surface area contributed by atoms with Crippen molar-refractivity contribution in [2.45, 2.75) is 38.5 Å². The molecular weight excluding hydrogens is 312 g/mol. The first-order valence-corrected chi connectivity index (χ1v) is 8.82. The fourth-order valence-electron chi connectivity index (χ4n) is 4.32. The van der Waals surface area contributed by atoms with Gasteiger partial charge < -0.3 is 5.32 Å². The average molecular weight is 332 g/mol. The molecule has 1 aromatic carbocycles. The molecule has 5 heteroatoms. The monoisotopic (exact) mass is 332 g/mol. The van der Waals surface area contributed by atoms with Crippen LogP contribution in [0, 0.1) is 0 Å². The first kappa shape index (κ1) is 14.6. The summed E-state index contributed by atoms with van der Waals surface area (Å²) in [6.45, 7) is 4.50. The number of nitrogens with one attached hydrogen (secondary N) is 1. The van der Waals surface area contributed by atoms with Gasteiger partial charge in [0.15, 0.2) is 11.4 Å². The van der Waals surface area contributed by atoms with Crippen molar-refractivity contribution in [3.63, 3.8) is 0 Å². The van der Waals surface area contributed by atoms with E-state index >= 15 is 0 Å². The standard InChI is InChI=1S/C20H20N4O/c1-20(2)16-9-15(14-7-4-8-24-11-22-23-19(14)24)12-5-3-6-13(12)18(16)21-10-17(20)25/h4,7-9,11,21H,3,5-6,10H2,1-2H3. The lowest BCUT2D eigenvalue weighted by Gasteiger charge is -2.34. The van der Waals surface area contributed by atoms with Crippen molar-refractivity contribution >= 4 is 17.1 Å². The predicted molar refractivity (Wildman–Crippen MR) is 97.0 cm³/mol. The molecule has 1 N–H and O–H groups in total. The summed E-state index contributed by atoms with van der Waals surface area (Å²) in [6.07, 6.45) is 6.99. The van der Waals surface area contributed by atoms with Crippen LogP contribution in [0.1, 0.15) is 37.0 Å². The van der Waals surface area contributed by atoms with E-state index in [1.165, 1.54) is 22.4 Å². The normalized spacial score (nSPS) is 18.1. The summed E-state index contributed by atoms with van der Waals surface area (Å²) in [5.41, 5.74) is 7.78. The third-order valence-corrected chi connectivity index (χ3v) is 5.81. The molecule has 25 heavy (non-hydrogen) atoms. The summed E-state index contributed by atoms with van der Waals surface area (Å²) in [5.74, 6) is 0.240. The number of hydrogen-bond donors (Lipinski definition) is 1. The zero-order chi connectivity index (χ0) is 17.2. The Morgan fingerprint density at radius 2 is 2.04 bits per heavy atom. The number of pyridine rings is 1. The topological polar surface area (TPSA) is 59.3 Å². The Bertz CT molecular complexity index is 1030. The summed E-state index contributed by atoms with van der Waals surface area (Å²) in [7, 11) is 0. The highest BCUT2D eigenvalue weighted by atomic mass is 16.1. The van der Waals surface area contributed by atoms with Crippen LogP contribution in [0.15, 0.2) is 30.7 Å². The second-order valence-corrected chi connectivity index (χ2v) is 7.54. The minimum atomic E-state index is -0.467. The molecule has 0 amide bonds. The number of carbonyl (C=O) groups is 1. The zero-order valence-corrected chi connectivity index (χ0v) is 14.5. The van der Waals surface area contributed by atoms with E-state index in [-0.39, 0.29) is 5.78 Å². The van der Waals surface area contributed by atoms with Crippen molar-refractivity contribution in [3.8, 4) is 11.1 Å². The molecule has 0 spiro atoms. The van der Waals surface area contributed by atoms with Gasteiger partial charge in [-0.3, -0.25) is 9.20 Å². The number of carbonyl (C=O) groups excluding carboxylic acids is 1. The lowest BCUT2D eigenvalue weighted by Crippen LogP contribution is -2.39. The van der Waals surface area contributed by atoms with E-state index in [2.05, 4.69) is 27.6 Å². The molecule has 0 unspecified atom stereocenters. The van der Waals surface area contributed by atoms with E-state index in [4.69, 9.17) is 0 Å². The van der Waals surface area contributed by atoms with Gasteiger partial charge in [-0.1, -0.05) is 0 Å². The molecule has 5 rings (SSSR count). The fourth-order valence-corrected chi connectivity index (χ4v) is 4.32. The Hall–Kier alpha value is -2.69. The molecule has 0 radical (unpaired) electrons. The van der Waals surface area contributed by atoms with Crippen LogP contribution in [0.3, 0.4) is 0 Å². The lowest BCUT2D eigenvalue weighted by atomic mass is 9.74. The van der Waals surface area contributed by atoms with Crippen molar-refractivity contribution in [1.29, 1.82) is 0 Å². The van der Waals surface area contributed by atoms with Crippen LogP contribution in [0.5, 0.6) is 0 Å². The molecule has 1 aliphatic heterocycles. The summed E-state index contributed by atoms with van der Waals surface area (Å²) in [4.78, 5) is 12.5. The quantitative estimate of drug-likeness (QED) is 0.744. The summed E-state index contributed by atoms with van der Waals surface area (Å²) in [5, 5.41) is 11.8. The Kier molecular flexibility index (Phi) is 2.87. The molecule has 126 valence electrons. The number of anilines is 1. The van der Waals surface area contributed by atoms with Crippen molar-refractivity contribution in [1.82, 2.24) is 14.6 Å². The predicted octanol–water partition coefficient (Wildman–Crippen LogP) is 3.16. The number of Topliss-reactive ketones (excluding diaryl/α,β-unsaturated/α-hetero) is 1. The van der Waals surface area contributed by atoms with Gasteiger partial charge in [0, 0.05) is 17.4 Å². The molecule has 5 nitrogen and oxygen atoms in total. The van der Waals surface area contributed by atoms with E-state index in [1.807, 2.05) is 30.5 Å². The van der Waals surface area contributed by atoms with Gasteiger partial charge in [-0.25, -0.2) is 0 Å². The molecule has 3 heterocycles.